The minimum Gasteiger partial charge on any atom is -0.405 e. The summed E-state index contributed by atoms with van der Waals surface area (Å²) < 4.78 is 43.9. The van der Waals surface area contributed by atoms with Gasteiger partial charge in [-0.25, -0.2) is 4.98 Å². The number of aromatic nitrogens is 2. The molecule has 1 aromatic heterocycles. The summed E-state index contributed by atoms with van der Waals surface area (Å²) in [7, 11) is 0. The maximum atomic E-state index is 13.1. The van der Waals surface area contributed by atoms with Gasteiger partial charge in [0.05, 0.1) is 23.9 Å². The van der Waals surface area contributed by atoms with Crippen molar-refractivity contribution >= 4 is 11.8 Å². The maximum Gasteiger partial charge on any atom is 0.573 e. The van der Waals surface area contributed by atoms with Crippen LogP contribution >= 0.6 is 0 Å². The molecule has 8 nitrogen and oxygen atoms in total. The Kier molecular flexibility index (Phi) is 6.95. The summed E-state index contributed by atoms with van der Waals surface area (Å²) in [6.45, 7) is 4.06. The number of nitrogens with zero attached hydrogens (tertiary/aromatic N) is 4. The molecule has 1 fully saturated rings. The molecule has 33 heavy (non-hydrogen) atoms. The quantitative estimate of drug-likeness (QED) is 0.710. The number of carbonyl (C=O) groups is 2. The number of imidazole rings is 1. The zero-order valence-electron chi connectivity index (χ0n) is 18.2. The molecule has 176 valence electrons. The molecular weight excluding hydrogens is 439 g/mol. The van der Waals surface area contributed by atoms with Crippen molar-refractivity contribution in [3.8, 4) is 11.8 Å². The van der Waals surface area contributed by atoms with Gasteiger partial charge in [0, 0.05) is 37.6 Å². The average molecular weight is 463 g/mol. The van der Waals surface area contributed by atoms with Crippen LogP contribution in [0.2, 0.25) is 0 Å². The summed E-state index contributed by atoms with van der Waals surface area (Å²) in [6, 6.07) is 5.40. The second kappa shape index (κ2) is 9.52. The third kappa shape index (κ3) is 5.83. The average Bonchev–Trinajstić information content (AvgIpc) is 3.32. The van der Waals surface area contributed by atoms with Crippen LogP contribution in [0.25, 0.3) is 0 Å². The topological polar surface area (TPSA) is 100 Å². The zero-order valence-corrected chi connectivity index (χ0v) is 18.2. The molecule has 0 spiro atoms. The standard InChI is InChI=1S/C22H24F3N5O3/c1-21(2,30-9-7-27-14-30)20(32)29-8-3-4-17(13-29)19(31)28-12-16-6-5-15(11-26)10-18(16)33-22(23,24)25/h5-7,9-10,14,17H,3-4,8,12-13H2,1-2H3,(H,28,31)/t17-/m1/s1. The number of hydrogen-bond acceptors (Lipinski definition) is 5. The van der Waals surface area contributed by atoms with Crippen LogP contribution in [-0.4, -0.2) is 45.7 Å². The second-order valence-corrected chi connectivity index (χ2v) is 8.32. The van der Waals surface area contributed by atoms with Crippen LogP contribution in [-0.2, 0) is 21.7 Å². The van der Waals surface area contributed by atoms with E-state index in [1.165, 1.54) is 12.1 Å². The Labute approximate surface area is 189 Å². The summed E-state index contributed by atoms with van der Waals surface area (Å²) in [5.41, 5.74) is -0.780. The van der Waals surface area contributed by atoms with Gasteiger partial charge < -0.3 is 19.5 Å². The van der Waals surface area contributed by atoms with Gasteiger partial charge in [-0.05, 0) is 38.8 Å². The highest BCUT2D eigenvalue weighted by Gasteiger charge is 2.37. The van der Waals surface area contributed by atoms with Gasteiger partial charge in [-0.2, -0.15) is 5.26 Å². The van der Waals surface area contributed by atoms with Gasteiger partial charge in [-0.1, -0.05) is 6.07 Å². The van der Waals surface area contributed by atoms with E-state index in [1.807, 2.05) is 0 Å². The van der Waals surface area contributed by atoms with E-state index in [-0.39, 0.29) is 36.0 Å². The van der Waals surface area contributed by atoms with Crippen molar-refractivity contribution in [2.24, 2.45) is 5.92 Å². The van der Waals surface area contributed by atoms with Crippen molar-refractivity contribution in [1.29, 1.82) is 5.26 Å². The molecule has 1 atom stereocenters. The van der Waals surface area contributed by atoms with E-state index in [2.05, 4.69) is 15.0 Å². The largest absolute Gasteiger partial charge is 0.573 e. The fourth-order valence-electron chi connectivity index (χ4n) is 3.78. The summed E-state index contributed by atoms with van der Waals surface area (Å²) in [5, 5.41) is 11.6. The lowest BCUT2D eigenvalue weighted by molar-refractivity contribution is -0.274. The number of piperidine rings is 1. The normalized spacial score (nSPS) is 16.7. The fourth-order valence-corrected chi connectivity index (χ4v) is 3.78. The smallest absolute Gasteiger partial charge is 0.405 e. The van der Waals surface area contributed by atoms with Crippen molar-refractivity contribution in [2.45, 2.75) is 45.1 Å². The Hall–Kier alpha value is -3.55. The molecule has 1 aliphatic heterocycles. The van der Waals surface area contributed by atoms with E-state index >= 15 is 0 Å². The first-order chi connectivity index (χ1) is 15.5. The lowest BCUT2D eigenvalue weighted by Crippen LogP contribution is -2.52. The summed E-state index contributed by atoms with van der Waals surface area (Å²) in [5.74, 6) is -1.54. The molecule has 1 N–H and O–H groups in total. The number of rotatable bonds is 6. The fraction of sp³-hybridized carbons (Fsp3) is 0.455. The highest BCUT2D eigenvalue weighted by molar-refractivity contribution is 5.85. The SMILES string of the molecule is CC(C)(C(=O)N1CCC[C@@H](C(=O)NCc2ccc(C#N)cc2OC(F)(F)F)C1)n1ccnc1. The van der Waals surface area contributed by atoms with Crippen LogP contribution in [0.4, 0.5) is 13.2 Å². The van der Waals surface area contributed by atoms with Gasteiger partial charge in [0.25, 0.3) is 0 Å². The van der Waals surface area contributed by atoms with E-state index in [9.17, 15) is 22.8 Å². The van der Waals surface area contributed by atoms with Gasteiger partial charge in [-0.15, -0.1) is 13.2 Å². The molecule has 3 rings (SSSR count). The lowest BCUT2D eigenvalue weighted by atomic mass is 9.94. The highest BCUT2D eigenvalue weighted by Crippen LogP contribution is 2.28. The number of nitrogens with one attached hydrogen (secondary N) is 1. The first kappa shape index (κ1) is 24.1. The zero-order chi connectivity index (χ0) is 24.2. The molecule has 1 aromatic carbocycles. The number of nitriles is 1. The predicted octanol–water partition coefficient (Wildman–Crippen LogP) is 2.94. The Morgan fingerprint density at radius 2 is 2.09 bits per heavy atom. The van der Waals surface area contributed by atoms with Crippen LogP contribution in [0.15, 0.2) is 36.9 Å². The van der Waals surface area contributed by atoms with Crippen LogP contribution in [0.3, 0.4) is 0 Å². The van der Waals surface area contributed by atoms with Crippen molar-refractivity contribution in [3.05, 3.63) is 48.0 Å². The van der Waals surface area contributed by atoms with Crippen molar-refractivity contribution in [1.82, 2.24) is 19.8 Å². The number of carbonyl (C=O) groups excluding carboxylic acids is 2. The van der Waals surface area contributed by atoms with Gasteiger partial charge in [0.2, 0.25) is 11.8 Å². The number of benzene rings is 1. The van der Waals surface area contributed by atoms with Crippen LogP contribution in [0.5, 0.6) is 5.75 Å². The van der Waals surface area contributed by atoms with Gasteiger partial charge in [-0.3, -0.25) is 9.59 Å². The highest BCUT2D eigenvalue weighted by atomic mass is 19.4. The molecule has 0 bridgehead atoms. The third-order valence-electron chi connectivity index (χ3n) is 5.63. The monoisotopic (exact) mass is 463 g/mol. The second-order valence-electron chi connectivity index (χ2n) is 8.32. The Morgan fingerprint density at radius 1 is 1.33 bits per heavy atom. The van der Waals surface area contributed by atoms with E-state index in [0.717, 1.165) is 6.07 Å². The molecule has 0 saturated carbocycles. The molecule has 1 aliphatic rings. The van der Waals surface area contributed by atoms with Crippen molar-refractivity contribution < 1.29 is 27.5 Å². The Balaban J connectivity index is 1.65. The number of ether oxygens (including phenoxy) is 1. The minimum absolute atomic E-state index is 0.00580. The molecule has 2 heterocycles. The lowest BCUT2D eigenvalue weighted by Gasteiger charge is -2.37. The Morgan fingerprint density at radius 3 is 2.73 bits per heavy atom. The van der Waals surface area contributed by atoms with Crippen molar-refractivity contribution in [3.63, 3.8) is 0 Å². The third-order valence-corrected chi connectivity index (χ3v) is 5.63. The molecule has 1 saturated heterocycles. The van der Waals surface area contributed by atoms with E-state index < -0.39 is 23.6 Å². The van der Waals surface area contributed by atoms with Crippen LogP contribution < -0.4 is 10.1 Å². The van der Waals surface area contributed by atoms with Gasteiger partial charge in [0.1, 0.15) is 11.3 Å². The first-order valence-corrected chi connectivity index (χ1v) is 10.4. The number of alkyl halides is 3. The number of amides is 2. The number of likely N-dealkylation sites (tertiary alicyclic amines) is 1. The summed E-state index contributed by atoms with van der Waals surface area (Å²) in [4.78, 5) is 31.5. The molecule has 0 unspecified atom stereocenters. The number of hydrogen-bond donors (Lipinski definition) is 1. The molecule has 2 amide bonds. The van der Waals surface area contributed by atoms with Gasteiger partial charge in [0.15, 0.2) is 0 Å². The maximum absolute atomic E-state index is 13.1. The molecule has 2 aromatic rings. The van der Waals surface area contributed by atoms with E-state index in [1.54, 1.807) is 48.1 Å². The van der Waals surface area contributed by atoms with Gasteiger partial charge >= 0.3 is 6.36 Å². The molecule has 0 aliphatic carbocycles. The van der Waals surface area contributed by atoms with E-state index in [4.69, 9.17) is 5.26 Å². The minimum atomic E-state index is -4.93. The summed E-state index contributed by atoms with van der Waals surface area (Å²) in [6.07, 6.45) is 1.10. The molecule has 0 radical (unpaired) electrons. The Bertz CT molecular complexity index is 1040. The molecular formula is C22H24F3N5O3. The summed E-state index contributed by atoms with van der Waals surface area (Å²) >= 11 is 0. The number of halogens is 3. The first-order valence-electron chi connectivity index (χ1n) is 10.4. The van der Waals surface area contributed by atoms with E-state index in [0.29, 0.717) is 19.4 Å². The van der Waals surface area contributed by atoms with Crippen molar-refractivity contribution in [2.75, 3.05) is 13.1 Å². The van der Waals surface area contributed by atoms with Crippen LogP contribution in [0, 0.1) is 17.2 Å². The predicted molar refractivity (Wildman–Crippen MR) is 111 cm³/mol. The van der Waals surface area contributed by atoms with Crippen LogP contribution in [0.1, 0.15) is 37.8 Å². The molecule has 11 heteroatoms.